The van der Waals surface area contributed by atoms with Gasteiger partial charge in [0.2, 0.25) is 11.8 Å². The maximum atomic E-state index is 11.8. The van der Waals surface area contributed by atoms with Crippen molar-refractivity contribution in [2.24, 2.45) is 0 Å². The first kappa shape index (κ1) is 15.8. The molecule has 0 aromatic heterocycles. The van der Waals surface area contributed by atoms with Gasteiger partial charge in [-0.3, -0.25) is 29.0 Å². The lowest BCUT2D eigenvalue weighted by Crippen LogP contribution is -2.48. The maximum Gasteiger partial charge on any atom is 0.267 e. The van der Waals surface area contributed by atoms with Crippen molar-refractivity contribution in [2.75, 3.05) is 13.1 Å². The molecule has 2 aliphatic rings. The number of piperidine rings is 2. The monoisotopic (exact) mass is 326 g/mol. The Labute approximate surface area is 132 Å². The first-order valence-electron chi connectivity index (χ1n) is 6.67. The Morgan fingerprint density at radius 1 is 0.714 bits per heavy atom. The quantitative estimate of drug-likeness (QED) is 0.550. The molecule has 2 heterocycles. The number of hydrogen-bond donors (Lipinski definition) is 0. The third kappa shape index (κ3) is 3.38. The van der Waals surface area contributed by atoms with E-state index in [1.807, 2.05) is 0 Å². The third-order valence-electron chi connectivity index (χ3n) is 3.46. The van der Waals surface area contributed by atoms with E-state index < -0.39 is 11.8 Å². The lowest BCUT2D eigenvalue weighted by molar-refractivity contribution is -0.142. The van der Waals surface area contributed by atoms with Gasteiger partial charge in [-0.05, 0) is 19.3 Å². The molecule has 8 heteroatoms. The van der Waals surface area contributed by atoms with Gasteiger partial charge in [-0.2, -0.15) is 0 Å². The van der Waals surface area contributed by atoms with Gasteiger partial charge in [0.1, 0.15) is 0 Å². The Morgan fingerprint density at radius 3 is 1.48 bits per heavy atom. The lowest BCUT2D eigenvalue weighted by Gasteiger charge is -2.28. The average molecular weight is 326 g/mol. The zero-order valence-corrected chi connectivity index (χ0v) is 12.9. The molecule has 0 aliphatic carbocycles. The summed E-state index contributed by atoms with van der Waals surface area (Å²) < 4.78 is 0. The van der Waals surface area contributed by atoms with Crippen molar-refractivity contribution in [1.29, 1.82) is 0 Å². The van der Waals surface area contributed by atoms with Crippen molar-refractivity contribution in [2.45, 2.75) is 32.1 Å². The number of rotatable bonds is 4. The molecule has 0 saturated carbocycles. The highest BCUT2D eigenvalue weighted by molar-refractivity contribution is 7.82. The van der Waals surface area contributed by atoms with Gasteiger partial charge >= 0.3 is 0 Å². The standard InChI is InChI=1S/C13H14N2O4S2/c16-10-4-2-8(20)12(18)14(10)6-1-7-15-11(17)5-3-9(21)13(15)19/h1-7H2. The Bertz CT molecular complexity index is 510. The second-order valence-electron chi connectivity index (χ2n) is 4.90. The zero-order valence-electron chi connectivity index (χ0n) is 11.3. The summed E-state index contributed by atoms with van der Waals surface area (Å²) in [4.78, 5) is 49.7. The van der Waals surface area contributed by atoms with Crippen molar-refractivity contribution in [3.8, 4) is 0 Å². The highest BCUT2D eigenvalue weighted by atomic mass is 32.1. The second kappa shape index (κ2) is 6.48. The number of likely N-dealkylation sites (tertiary alicyclic amines) is 2. The van der Waals surface area contributed by atoms with Crippen LogP contribution in [-0.4, -0.2) is 56.2 Å². The minimum Gasteiger partial charge on any atom is -0.278 e. The molecule has 6 nitrogen and oxygen atoms in total. The van der Waals surface area contributed by atoms with Gasteiger partial charge in [0, 0.05) is 25.9 Å². The van der Waals surface area contributed by atoms with Crippen LogP contribution in [0, 0.1) is 0 Å². The predicted octanol–water partition coefficient (Wildman–Crippen LogP) is 0.414. The molecule has 0 aromatic rings. The fourth-order valence-corrected chi connectivity index (χ4v) is 2.72. The Morgan fingerprint density at radius 2 is 1.10 bits per heavy atom. The summed E-state index contributed by atoms with van der Waals surface area (Å²) in [5.41, 5.74) is 0. The summed E-state index contributed by atoms with van der Waals surface area (Å²) in [7, 11) is 0. The van der Waals surface area contributed by atoms with Crippen LogP contribution < -0.4 is 0 Å². The highest BCUT2D eigenvalue weighted by Crippen LogP contribution is 2.14. The van der Waals surface area contributed by atoms with Crippen molar-refractivity contribution < 1.29 is 19.2 Å². The van der Waals surface area contributed by atoms with Crippen LogP contribution in [0.2, 0.25) is 0 Å². The van der Waals surface area contributed by atoms with Gasteiger partial charge in [0.25, 0.3) is 11.8 Å². The number of imide groups is 2. The molecule has 112 valence electrons. The first-order valence-corrected chi connectivity index (χ1v) is 7.48. The number of carbonyl (C=O) groups is 4. The van der Waals surface area contributed by atoms with Gasteiger partial charge in [-0.15, -0.1) is 0 Å². The molecule has 0 radical (unpaired) electrons. The van der Waals surface area contributed by atoms with E-state index >= 15 is 0 Å². The molecule has 2 saturated heterocycles. The molecule has 0 unspecified atom stereocenters. The van der Waals surface area contributed by atoms with Crippen molar-refractivity contribution in [3.05, 3.63) is 0 Å². The highest BCUT2D eigenvalue weighted by Gasteiger charge is 2.32. The molecule has 0 atom stereocenters. The number of thiocarbonyl (C=S) groups is 2. The summed E-state index contributed by atoms with van der Waals surface area (Å²) in [6, 6.07) is 0. The van der Waals surface area contributed by atoms with Crippen LogP contribution in [0.3, 0.4) is 0 Å². The molecule has 4 amide bonds. The number of amides is 4. The normalized spacial score (nSPS) is 20.6. The zero-order chi connectivity index (χ0) is 15.6. The molecule has 21 heavy (non-hydrogen) atoms. The van der Waals surface area contributed by atoms with Gasteiger partial charge in [0.15, 0.2) is 0 Å². The Hall–Kier alpha value is -1.54. The number of carbonyl (C=O) groups excluding carboxylic acids is 4. The van der Waals surface area contributed by atoms with E-state index in [-0.39, 0.29) is 47.5 Å². The van der Waals surface area contributed by atoms with Crippen molar-refractivity contribution in [3.63, 3.8) is 0 Å². The Balaban J connectivity index is 1.91. The summed E-state index contributed by atoms with van der Waals surface area (Å²) in [6.07, 6.45) is 1.44. The number of nitrogens with zero attached hydrogens (tertiary/aromatic N) is 2. The SMILES string of the molecule is O=C1CCC(=S)C(=O)N1CCCN1C(=O)CCC(=S)C1=O. The predicted molar refractivity (Wildman–Crippen MR) is 81.7 cm³/mol. The number of hydrogen-bond acceptors (Lipinski definition) is 6. The van der Waals surface area contributed by atoms with Crippen LogP contribution in [0.5, 0.6) is 0 Å². The smallest absolute Gasteiger partial charge is 0.267 e. The fourth-order valence-electron chi connectivity index (χ4n) is 2.29. The van der Waals surface area contributed by atoms with Crippen LogP contribution in [-0.2, 0) is 19.2 Å². The van der Waals surface area contributed by atoms with E-state index in [1.54, 1.807) is 0 Å². The summed E-state index contributed by atoms with van der Waals surface area (Å²) in [6.45, 7) is 0.309. The van der Waals surface area contributed by atoms with Crippen LogP contribution in [0.15, 0.2) is 0 Å². The van der Waals surface area contributed by atoms with Crippen LogP contribution in [0.25, 0.3) is 0 Å². The van der Waals surface area contributed by atoms with E-state index in [4.69, 9.17) is 24.4 Å². The Kier molecular flexibility index (Phi) is 4.89. The lowest BCUT2D eigenvalue weighted by atomic mass is 10.1. The van der Waals surface area contributed by atoms with E-state index in [0.29, 0.717) is 19.3 Å². The van der Waals surface area contributed by atoms with Crippen LogP contribution in [0.4, 0.5) is 0 Å². The van der Waals surface area contributed by atoms with Gasteiger partial charge in [-0.25, -0.2) is 0 Å². The molecule has 0 N–H and O–H groups in total. The molecule has 2 fully saturated rings. The first-order chi connectivity index (χ1) is 9.91. The maximum absolute atomic E-state index is 11.8. The largest absolute Gasteiger partial charge is 0.278 e. The average Bonchev–Trinajstić information content (AvgIpc) is 2.46. The molecule has 0 aromatic carbocycles. The summed E-state index contributed by atoms with van der Waals surface area (Å²) in [5.74, 6) is -1.40. The molecule has 2 aliphatic heterocycles. The van der Waals surface area contributed by atoms with Crippen molar-refractivity contribution >= 4 is 57.8 Å². The van der Waals surface area contributed by atoms with Gasteiger partial charge in [-0.1, -0.05) is 24.4 Å². The van der Waals surface area contributed by atoms with E-state index in [9.17, 15) is 19.2 Å². The van der Waals surface area contributed by atoms with E-state index in [2.05, 4.69) is 0 Å². The topological polar surface area (TPSA) is 74.8 Å². The fraction of sp³-hybridized carbons (Fsp3) is 0.538. The molecule has 0 spiro atoms. The van der Waals surface area contributed by atoms with E-state index in [0.717, 1.165) is 9.80 Å². The van der Waals surface area contributed by atoms with Crippen LogP contribution >= 0.6 is 24.4 Å². The minimum atomic E-state index is -0.437. The van der Waals surface area contributed by atoms with Gasteiger partial charge in [0.05, 0.1) is 9.73 Å². The summed E-state index contributed by atoms with van der Waals surface area (Å²) in [5, 5.41) is 0. The second-order valence-corrected chi connectivity index (χ2v) is 5.89. The summed E-state index contributed by atoms with van der Waals surface area (Å²) >= 11 is 9.82. The minimum absolute atomic E-state index is 0.154. The van der Waals surface area contributed by atoms with E-state index in [1.165, 1.54) is 0 Å². The molecular formula is C13H14N2O4S2. The van der Waals surface area contributed by atoms with Crippen LogP contribution in [0.1, 0.15) is 32.1 Å². The molecule has 2 rings (SSSR count). The van der Waals surface area contributed by atoms with Gasteiger partial charge < -0.3 is 0 Å². The third-order valence-corrected chi connectivity index (χ3v) is 4.22. The van der Waals surface area contributed by atoms with Crippen molar-refractivity contribution in [1.82, 2.24) is 9.80 Å². The molecule has 0 bridgehead atoms. The molecular weight excluding hydrogens is 312 g/mol.